The Morgan fingerprint density at radius 1 is 1.33 bits per heavy atom. The quantitative estimate of drug-likeness (QED) is 0.799. The molecular formula is C17H26N2O2. The molecule has 1 saturated heterocycles. The maximum Gasteiger partial charge on any atom is 0.150 e. The van der Waals surface area contributed by atoms with Crippen LogP contribution in [0, 0.1) is 0 Å². The lowest BCUT2D eigenvalue weighted by Gasteiger charge is -2.41. The minimum atomic E-state index is 0.00331. The van der Waals surface area contributed by atoms with Crippen molar-refractivity contribution in [3.8, 4) is 0 Å². The van der Waals surface area contributed by atoms with Crippen LogP contribution < -0.4 is 0 Å². The number of likely N-dealkylation sites (tertiary alicyclic amines) is 1. The summed E-state index contributed by atoms with van der Waals surface area (Å²) < 4.78 is 11.5. The summed E-state index contributed by atoms with van der Waals surface area (Å²) in [6.45, 7) is 10.4. The summed E-state index contributed by atoms with van der Waals surface area (Å²) in [4.78, 5) is 2.44. The number of nitrogens with zero attached hydrogens (tertiary/aromatic N) is 2. The van der Waals surface area contributed by atoms with Crippen LogP contribution in [-0.2, 0) is 11.3 Å². The first-order valence-corrected chi connectivity index (χ1v) is 8.06. The molecule has 0 aliphatic carbocycles. The molecule has 0 amide bonds. The number of hydrogen-bond acceptors (Lipinski definition) is 4. The minimum Gasteiger partial charge on any atom is -0.370 e. The molecular weight excluding hydrogens is 264 g/mol. The van der Waals surface area contributed by atoms with Gasteiger partial charge in [0.1, 0.15) is 0 Å². The van der Waals surface area contributed by atoms with Crippen LogP contribution in [0.2, 0.25) is 0 Å². The third-order valence-corrected chi connectivity index (χ3v) is 4.65. The van der Waals surface area contributed by atoms with E-state index in [2.05, 4.69) is 43.0 Å². The molecule has 1 aromatic rings. The molecule has 4 nitrogen and oxygen atoms in total. The minimum absolute atomic E-state index is 0.00331. The summed E-state index contributed by atoms with van der Waals surface area (Å²) >= 11 is 0. The van der Waals surface area contributed by atoms with Crippen molar-refractivity contribution in [2.75, 3.05) is 19.7 Å². The second kappa shape index (κ2) is 5.93. The largest absolute Gasteiger partial charge is 0.370 e. The Hall–Kier alpha value is -1.13. The molecule has 0 saturated carbocycles. The predicted octanol–water partition coefficient (Wildman–Crippen LogP) is 3.50. The molecule has 1 aromatic heterocycles. The molecule has 116 valence electrons. The molecule has 3 heterocycles. The standard InChI is InChI=1S/C17H26N2O2/c1-13(2)16-10-15(21-18-16)12-19-7-5-17(6-8-19)11-14(3)4-9-20-17/h10-11,13H,4-9,12H2,1-3H3. The normalized spacial score (nSPS) is 22.8. The molecule has 1 spiro atoms. The van der Waals surface area contributed by atoms with Gasteiger partial charge in [0.25, 0.3) is 0 Å². The predicted molar refractivity (Wildman–Crippen MR) is 82.2 cm³/mol. The van der Waals surface area contributed by atoms with E-state index in [0.717, 1.165) is 57.0 Å². The van der Waals surface area contributed by atoms with Crippen LogP contribution in [0.4, 0.5) is 0 Å². The van der Waals surface area contributed by atoms with Gasteiger partial charge >= 0.3 is 0 Å². The van der Waals surface area contributed by atoms with Crippen molar-refractivity contribution < 1.29 is 9.26 Å². The average molecular weight is 290 g/mol. The van der Waals surface area contributed by atoms with Gasteiger partial charge in [-0.05, 0) is 32.1 Å². The number of rotatable bonds is 3. The first-order valence-electron chi connectivity index (χ1n) is 8.06. The van der Waals surface area contributed by atoms with Gasteiger partial charge < -0.3 is 9.26 Å². The lowest BCUT2D eigenvalue weighted by atomic mass is 9.87. The Balaban J connectivity index is 1.57. The first-order chi connectivity index (χ1) is 10.1. The van der Waals surface area contributed by atoms with E-state index in [0.29, 0.717) is 5.92 Å². The van der Waals surface area contributed by atoms with E-state index in [1.54, 1.807) is 0 Å². The summed E-state index contributed by atoms with van der Waals surface area (Å²) in [5.41, 5.74) is 2.53. The summed E-state index contributed by atoms with van der Waals surface area (Å²) in [5, 5.41) is 4.14. The Kier molecular flexibility index (Phi) is 4.18. The van der Waals surface area contributed by atoms with E-state index in [9.17, 15) is 0 Å². The highest BCUT2D eigenvalue weighted by Crippen LogP contribution is 2.33. The topological polar surface area (TPSA) is 38.5 Å². The molecule has 0 N–H and O–H groups in total. The lowest BCUT2D eigenvalue weighted by Crippen LogP contribution is -2.46. The van der Waals surface area contributed by atoms with Gasteiger partial charge in [0.05, 0.1) is 24.4 Å². The van der Waals surface area contributed by atoms with E-state index in [1.165, 1.54) is 5.57 Å². The summed E-state index contributed by atoms with van der Waals surface area (Å²) in [7, 11) is 0. The molecule has 0 bridgehead atoms. The molecule has 1 fully saturated rings. The third-order valence-electron chi connectivity index (χ3n) is 4.65. The fraction of sp³-hybridized carbons (Fsp3) is 0.706. The van der Waals surface area contributed by atoms with E-state index >= 15 is 0 Å². The lowest BCUT2D eigenvalue weighted by molar-refractivity contribution is -0.0585. The zero-order valence-electron chi connectivity index (χ0n) is 13.4. The van der Waals surface area contributed by atoms with Crippen LogP contribution in [0.3, 0.4) is 0 Å². The smallest absolute Gasteiger partial charge is 0.150 e. The molecule has 3 rings (SSSR count). The van der Waals surface area contributed by atoms with Crippen LogP contribution in [0.25, 0.3) is 0 Å². The van der Waals surface area contributed by atoms with E-state index < -0.39 is 0 Å². The van der Waals surface area contributed by atoms with Crippen molar-refractivity contribution in [3.05, 3.63) is 29.2 Å². The highest BCUT2D eigenvalue weighted by atomic mass is 16.5. The zero-order chi connectivity index (χ0) is 14.9. The maximum atomic E-state index is 6.07. The Bertz CT molecular complexity index is 511. The number of piperidine rings is 1. The highest BCUT2D eigenvalue weighted by Gasteiger charge is 2.35. The zero-order valence-corrected chi connectivity index (χ0v) is 13.4. The van der Waals surface area contributed by atoms with Gasteiger partial charge in [0, 0.05) is 19.2 Å². The Morgan fingerprint density at radius 3 is 2.71 bits per heavy atom. The Morgan fingerprint density at radius 2 is 2.10 bits per heavy atom. The van der Waals surface area contributed by atoms with E-state index in [-0.39, 0.29) is 5.60 Å². The fourth-order valence-corrected chi connectivity index (χ4v) is 3.25. The van der Waals surface area contributed by atoms with Gasteiger partial charge in [0.2, 0.25) is 0 Å². The van der Waals surface area contributed by atoms with Gasteiger partial charge in [0.15, 0.2) is 5.76 Å². The monoisotopic (exact) mass is 290 g/mol. The van der Waals surface area contributed by atoms with Crippen molar-refractivity contribution >= 4 is 0 Å². The fourth-order valence-electron chi connectivity index (χ4n) is 3.25. The number of ether oxygens (including phenoxy) is 1. The third kappa shape index (κ3) is 3.38. The summed E-state index contributed by atoms with van der Waals surface area (Å²) in [5.74, 6) is 1.40. The van der Waals surface area contributed by atoms with Crippen LogP contribution >= 0.6 is 0 Å². The van der Waals surface area contributed by atoms with Crippen LogP contribution in [0.15, 0.2) is 22.2 Å². The molecule has 4 heteroatoms. The molecule has 0 radical (unpaired) electrons. The van der Waals surface area contributed by atoms with E-state index in [4.69, 9.17) is 9.26 Å². The van der Waals surface area contributed by atoms with Crippen molar-refractivity contribution in [2.24, 2.45) is 0 Å². The maximum absolute atomic E-state index is 6.07. The van der Waals surface area contributed by atoms with Crippen molar-refractivity contribution in [3.63, 3.8) is 0 Å². The molecule has 0 atom stereocenters. The molecule has 21 heavy (non-hydrogen) atoms. The molecule has 2 aliphatic heterocycles. The van der Waals surface area contributed by atoms with Crippen LogP contribution in [0.5, 0.6) is 0 Å². The van der Waals surface area contributed by atoms with Crippen molar-refractivity contribution in [2.45, 2.75) is 58.1 Å². The SMILES string of the molecule is CC1=CC2(CCN(Cc3cc(C(C)C)no3)CC2)OCC1. The van der Waals surface area contributed by atoms with Gasteiger partial charge in [-0.25, -0.2) is 0 Å². The molecule has 0 aromatic carbocycles. The summed E-state index contributed by atoms with van der Waals surface area (Å²) in [6.07, 6.45) is 5.60. The van der Waals surface area contributed by atoms with E-state index in [1.807, 2.05) is 0 Å². The first kappa shape index (κ1) is 14.8. The Labute approximate surface area is 127 Å². The number of hydrogen-bond donors (Lipinski definition) is 0. The second-order valence-corrected chi connectivity index (χ2v) is 6.80. The van der Waals surface area contributed by atoms with Gasteiger partial charge in [-0.3, -0.25) is 4.90 Å². The number of aromatic nitrogens is 1. The summed E-state index contributed by atoms with van der Waals surface area (Å²) in [6, 6.07) is 2.09. The molecule has 0 unspecified atom stereocenters. The van der Waals surface area contributed by atoms with Crippen LogP contribution in [-0.4, -0.2) is 35.4 Å². The average Bonchev–Trinajstić information content (AvgIpc) is 2.90. The van der Waals surface area contributed by atoms with Gasteiger partial charge in [-0.15, -0.1) is 0 Å². The second-order valence-electron chi connectivity index (χ2n) is 6.80. The van der Waals surface area contributed by atoms with Gasteiger partial charge in [-0.2, -0.15) is 0 Å². The molecule has 2 aliphatic rings. The highest BCUT2D eigenvalue weighted by molar-refractivity contribution is 5.15. The van der Waals surface area contributed by atoms with Gasteiger partial charge in [-0.1, -0.05) is 30.7 Å². The van der Waals surface area contributed by atoms with Crippen molar-refractivity contribution in [1.29, 1.82) is 0 Å². The van der Waals surface area contributed by atoms with Crippen molar-refractivity contribution in [1.82, 2.24) is 10.1 Å². The van der Waals surface area contributed by atoms with Crippen LogP contribution in [0.1, 0.15) is 57.4 Å².